The summed E-state index contributed by atoms with van der Waals surface area (Å²) in [6, 6.07) is 6.49. The monoisotopic (exact) mass is 242 g/mol. The molecule has 0 amide bonds. The normalized spacial score (nSPS) is 11.9. The number of anilines is 1. The van der Waals surface area contributed by atoms with Gasteiger partial charge < -0.3 is 5.32 Å². The Hall–Kier alpha value is -1.57. The summed E-state index contributed by atoms with van der Waals surface area (Å²) < 4.78 is 0. The zero-order valence-corrected chi connectivity index (χ0v) is 12.2. The van der Waals surface area contributed by atoms with Crippen molar-refractivity contribution in [3.63, 3.8) is 0 Å². The summed E-state index contributed by atoms with van der Waals surface area (Å²) in [7, 11) is 1.98. The summed E-state index contributed by atoms with van der Waals surface area (Å²) in [5.74, 6) is 0. The molecule has 0 fully saturated rings. The lowest BCUT2D eigenvalue weighted by Gasteiger charge is -2.21. The molecule has 0 spiro atoms. The van der Waals surface area contributed by atoms with Crippen LogP contribution in [0.2, 0.25) is 0 Å². The summed E-state index contributed by atoms with van der Waals surface area (Å²) in [4.78, 5) is 4.88. The van der Waals surface area contributed by atoms with E-state index in [0.717, 1.165) is 11.2 Å². The molecule has 18 heavy (non-hydrogen) atoms. The number of rotatable bonds is 1. The molecule has 1 aromatic heterocycles. The van der Waals surface area contributed by atoms with Crippen LogP contribution in [-0.2, 0) is 5.41 Å². The highest BCUT2D eigenvalue weighted by Gasteiger charge is 2.18. The van der Waals surface area contributed by atoms with Gasteiger partial charge in [0.15, 0.2) is 0 Å². The summed E-state index contributed by atoms with van der Waals surface area (Å²) in [6.45, 7) is 10.9. The number of aryl methyl sites for hydroxylation is 2. The van der Waals surface area contributed by atoms with Gasteiger partial charge in [-0.1, -0.05) is 32.9 Å². The fourth-order valence-electron chi connectivity index (χ4n) is 2.22. The quantitative estimate of drug-likeness (QED) is 0.811. The van der Waals surface area contributed by atoms with Gasteiger partial charge in [0.25, 0.3) is 0 Å². The van der Waals surface area contributed by atoms with Gasteiger partial charge in [0, 0.05) is 29.2 Å². The molecule has 0 unspecified atom stereocenters. The van der Waals surface area contributed by atoms with E-state index in [4.69, 9.17) is 4.98 Å². The standard InChI is InChI=1S/C16H22N2/c1-10-7-8-11(2)15-14(10)12(17-6)9-13(18-15)16(3,4)5/h7-9H,1-6H3,(H,17,18). The van der Waals surface area contributed by atoms with E-state index in [-0.39, 0.29) is 5.41 Å². The van der Waals surface area contributed by atoms with Crippen LogP contribution < -0.4 is 5.32 Å². The molecule has 0 bridgehead atoms. The second-order valence-corrected chi connectivity index (χ2v) is 5.98. The van der Waals surface area contributed by atoms with Crippen molar-refractivity contribution >= 4 is 16.6 Å². The second-order valence-electron chi connectivity index (χ2n) is 5.98. The molecule has 0 saturated heterocycles. The van der Waals surface area contributed by atoms with E-state index in [0.29, 0.717) is 0 Å². The average molecular weight is 242 g/mol. The molecule has 0 atom stereocenters. The van der Waals surface area contributed by atoms with Gasteiger partial charge in [-0.3, -0.25) is 4.98 Å². The van der Waals surface area contributed by atoms with Crippen LogP contribution in [0.15, 0.2) is 18.2 Å². The number of hydrogen-bond acceptors (Lipinski definition) is 2. The molecule has 1 heterocycles. The SMILES string of the molecule is CNc1cc(C(C)(C)C)nc2c(C)ccc(C)c12. The third-order valence-electron chi connectivity index (χ3n) is 3.41. The Balaban J connectivity index is 2.88. The highest BCUT2D eigenvalue weighted by molar-refractivity contribution is 5.96. The first kappa shape index (κ1) is 12.9. The number of fused-ring (bicyclic) bond motifs is 1. The molecule has 2 aromatic rings. The van der Waals surface area contributed by atoms with Gasteiger partial charge in [0.2, 0.25) is 0 Å². The number of benzene rings is 1. The Morgan fingerprint density at radius 2 is 1.67 bits per heavy atom. The molecule has 0 aliphatic heterocycles. The van der Waals surface area contributed by atoms with E-state index in [2.05, 4.69) is 58.1 Å². The lowest BCUT2D eigenvalue weighted by Crippen LogP contribution is -2.14. The van der Waals surface area contributed by atoms with Crippen molar-refractivity contribution in [3.8, 4) is 0 Å². The summed E-state index contributed by atoms with van der Waals surface area (Å²) in [5.41, 5.74) is 5.99. The minimum Gasteiger partial charge on any atom is -0.388 e. The number of aromatic nitrogens is 1. The van der Waals surface area contributed by atoms with E-state index in [1.807, 2.05) is 7.05 Å². The first-order chi connectivity index (χ1) is 8.34. The Bertz CT molecular complexity index is 592. The third kappa shape index (κ3) is 2.07. The van der Waals surface area contributed by atoms with E-state index in [1.165, 1.54) is 22.2 Å². The van der Waals surface area contributed by atoms with E-state index in [1.54, 1.807) is 0 Å². The topological polar surface area (TPSA) is 24.9 Å². The van der Waals surface area contributed by atoms with Crippen LogP contribution in [0.3, 0.4) is 0 Å². The minimum atomic E-state index is 0.0655. The average Bonchev–Trinajstić information content (AvgIpc) is 2.31. The molecule has 0 saturated carbocycles. The summed E-state index contributed by atoms with van der Waals surface area (Å²) in [5, 5.41) is 4.55. The third-order valence-corrected chi connectivity index (χ3v) is 3.41. The molecule has 0 radical (unpaired) electrons. The number of nitrogens with zero attached hydrogens (tertiary/aromatic N) is 1. The van der Waals surface area contributed by atoms with Crippen LogP contribution in [0.5, 0.6) is 0 Å². The molecule has 2 rings (SSSR count). The van der Waals surface area contributed by atoms with Gasteiger partial charge >= 0.3 is 0 Å². The van der Waals surface area contributed by atoms with Gasteiger partial charge in [0.05, 0.1) is 5.52 Å². The summed E-state index contributed by atoms with van der Waals surface area (Å²) >= 11 is 0. The zero-order valence-electron chi connectivity index (χ0n) is 12.2. The Labute approximate surface area is 109 Å². The van der Waals surface area contributed by atoms with Crippen molar-refractivity contribution in [1.82, 2.24) is 4.98 Å². The smallest absolute Gasteiger partial charge is 0.0758 e. The van der Waals surface area contributed by atoms with Crippen molar-refractivity contribution in [2.45, 2.75) is 40.0 Å². The van der Waals surface area contributed by atoms with Crippen LogP contribution in [0.1, 0.15) is 37.6 Å². The van der Waals surface area contributed by atoms with E-state index in [9.17, 15) is 0 Å². The zero-order chi connectivity index (χ0) is 13.5. The highest BCUT2D eigenvalue weighted by Crippen LogP contribution is 2.32. The van der Waals surface area contributed by atoms with Gasteiger partial charge in [-0.2, -0.15) is 0 Å². The molecular formula is C16H22N2. The highest BCUT2D eigenvalue weighted by atomic mass is 14.8. The lowest BCUT2D eigenvalue weighted by atomic mass is 9.90. The maximum absolute atomic E-state index is 4.88. The maximum atomic E-state index is 4.88. The largest absolute Gasteiger partial charge is 0.388 e. The lowest BCUT2D eigenvalue weighted by molar-refractivity contribution is 0.571. The minimum absolute atomic E-state index is 0.0655. The molecule has 96 valence electrons. The van der Waals surface area contributed by atoms with Gasteiger partial charge in [-0.25, -0.2) is 0 Å². The van der Waals surface area contributed by atoms with Crippen LogP contribution in [0.25, 0.3) is 10.9 Å². The van der Waals surface area contributed by atoms with Gasteiger partial charge in [-0.15, -0.1) is 0 Å². The van der Waals surface area contributed by atoms with Gasteiger partial charge in [0.1, 0.15) is 0 Å². The number of hydrogen-bond donors (Lipinski definition) is 1. The predicted molar refractivity (Wildman–Crippen MR) is 79.5 cm³/mol. The van der Waals surface area contributed by atoms with Crippen molar-refractivity contribution in [2.75, 3.05) is 12.4 Å². The Morgan fingerprint density at radius 1 is 1.06 bits per heavy atom. The van der Waals surface area contributed by atoms with Crippen LogP contribution in [0, 0.1) is 13.8 Å². The van der Waals surface area contributed by atoms with Crippen molar-refractivity contribution in [2.24, 2.45) is 0 Å². The molecule has 0 aliphatic rings. The Morgan fingerprint density at radius 3 is 2.22 bits per heavy atom. The second kappa shape index (κ2) is 4.27. The first-order valence-corrected chi connectivity index (χ1v) is 6.44. The molecule has 2 nitrogen and oxygen atoms in total. The molecule has 2 heteroatoms. The predicted octanol–water partition coefficient (Wildman–Crippen LogP) is 4.19. The number of pyridine rings is 1. The molecule has 1 N–H and O–H groups in total. The maximum Gasteiger partial charge on any atom is 0.0758 e. The molecule has 1 aromatic carbocycles. The van der Waals surface area contributed by atoms with Crippen molar-refractivity contribution in [1.29, 1.82) is 0 Å². The number of nitrogens with one attached hydrogen (secondary N) is 1. The fraction of sp³-hybridized carbons (Fsp3) is 0.438. The van der Waals surface area contributed by atoms with Crippen molar-refractivity contribution < 1.29 is 0 Å². The fourth-order valence-corrected chi connectivity index (χ4v) is 2.22. The van der Waals surface area contributed by atoms with Crippen LogP contribution in [-0.4, -0.2) is 12.0 Å². The molecular weight excluding hydrogens is 220 g/mol. The van der Waals surface area contributed by atoms with E-state index < -0.39 is 0 Å². The van der Waals surface area contributed by atoms with Crippen LogP contribution in [0.4, 0.5) is 5.69 Å². The van der Waals surface area contributed by atoms with Crippen molar-refractivity contribution in [3.05, 3.63) is 35.0 Å². The first-order valence-electron chi connectivity index (χ1n) is 6.44. The van der Waals surface area contributed by atoms with E-state index >= 15 is 0 Å². The molecule has 0 aliphatic carbocycles. The van der Waals surface area contributed by atoms with Gasteiger partial charge in [-0.05, 0) is 31.0 Å². The Kier molecular flexibility index (Phi) is 3.05. The summed E-state index contributed by atoms with van der Waals surface area (Å²) in [6.07, 6.45) is 0. The van der Waals surface area contributed by atoms with Crippen LogP contribution >= 0.6 is 0 Å².